The quantitative estimate of drug-likeness (QED) is 0.484. The van der Waals surface area contributed by atoms with E-state index in [-0.39, 0.29) is 23.2 Å². The Morgan fingerprint density at radius 3 is 2.52 bits per heavy atom. The summed E-state index contributed by atoms with van der Waals surface area (Å²) in [5.41, 5.74) is 14.2. The van der Waals surface area contributed by atoms with Gasteiger partial charge in [0.05, 0.1) is 13.2 Å². The number of nitrogens with zero attached hydrogens (tertiary/aromatic N) is 2. The van der Waals surface area contributed by atoms with Gasteiger partial charge in [0.2, 0.25) is 11.9 Å². The summed E-state index contributed by atoms with van der Waals surface area (Å²) in [6, 6.07) is 7.16. The molecule has 6 N–H and O–H groups in total. The first-order valence-corrected chi connectivity index (χ1v) is 10.2. The number of benzene rings is 1. The zero-order valence-corrected chi connectivity index (χ0v) is 17.7. The van der Waals surface area contributed by atoms with Gasteiger partial charge in [-0.25, -0.2) is 4.98 Å². The Labute approximate surface area is 181 Å². The first kappa shape index (κ1) is 22.2. The number of primary amides is 2. The Morgan fingerprint density at radius 1 is 1.19 bits per heavy atom. The van der Waals surface area contributed by atoms with E-state index in [0.717, 1.165) is 17.7 Å². The molecule has 1 unspecified atom stereocenters. The molecule has 0 saturated carbocycles. The highest BCUT2D eigenvalue weighted by Crippen LogP contribution is 2.25. The summed E-state index contributed by atoms with van der Waals surface area (Å²) >= 11 is 0. The Bertz CT molecular complexity index is 972. The number of carbonyl (C=O) groups excluding carboxylic acids is 2. The van der Waals surface area contributed by atoms with Crippen LogP contribution in [0.25, 0.3) is 5.57 Å². The van der Waals surface area contributed by atoms with E-state index in [1.165, 1.54) is 11.8 Å². The van der Waals surface area contributed by atoms with Gasteiger partial charge in [-0.2, -0.15) is 4.98 Å². The second-order valence-corrected chi connectivity index (χ2v) is 7.81. The molecule has 2 amide bonds. The summed E-state index contributed by atoms with van der Waals surface area (Å²) in [6.07, 6.45) is 4.80. The minimum Gasteiger partial charge on any atom is -0.377 e. The molecule has 0 fully saturated rings. The van der Waals surface area contributed by atoms with Crippen molar-refractivity contribution in [1.29, 1.82) is 0 Å². The topological polar surface area (TPSA) is 145 Å². The Balaban J connectivity index is 1.81. The van der Waals surface area contributed by atoms with Crippen molar-refractivity contribution < 1.29 is 14.3 Å². The number of hydrogen-bond acceptors (Lipinski definition) is 7. The van der Waals surface area contributed by atoms with Gasteiger partial charge in [-0.1, -0.05) is 32.1 Å². The van der Waals surface area contributed by atoms with Crippen LogP contribution >= 0.6 is 0 Å². The molecule has 31 heavy (non-hydrogen) atoms. The maximum absolute atomic E-state index is 11.8. The SMILES string of the molecule is CC(C)CC(Nc1ncc(C(N)=O)c(Nc2ccc(C3=CCOCC3)cc2)n1)C(N)=O. The normalized spacial score (nSPS) is 14.6. The smallest absolute Gasteiger partial charge is 0.254 e. The highest BCUT2D eigenvalue weighted by molar-refractivity contribution is 5.98. The molecule has 0 saturated heterocycles. The zero-order valence-electron chi connectivity index (χ0n) is 17.7. The van der Waals surface area contributed by atoms with E-state index in [9.17, 15) is 9.59 Å². The molecular formula is C22H28N6O3. The molecule has 3 rings (SSSR count). The third kappa shape index (κ3) is 6.02. The third-order valence-corrected chi connectivity index (χ3v) is 4.89. The molecule has 2 aromatic rings. The summed E-state index contributed by atoms with van der Waals surface area (Å²) in [5, 5.41) is 6.06. The lowest BCUT2D eigenvalue weighted by atomic mass is 10.0. The summed E-state index contributed by atoms with van der Waals surface area (Å²) in [4.78, 5) is 32.1. The highest BCUT2D eigenvalue weighted by Gasteiger charge is 2.20. The second kappa shape index (κ2) is 10.0. The molecule has 0 spiro atoms. The molecule has 0 aliphatic carbocycles. The Hall–Kier alpha value is -3.46. The zero-order chi connectivity index (χ0) is 22.4. The van der Waals surface area contributed by atoms with Crippen LogP contribution in [0.3, 0.4) is 0 Å². The van der Waals surface area contributed by atoms with Gasteiger partial charge in [0, 0.05) is 11.9 Å². The van der Waals surface area contributed by atoms with E-state index in [4.69, 9.17) is 16.2 Å². The fourth-order valence-corrected chi connectivity index (χ4v) is 3.29. The van der Waals surface area contributed by atoms with Crippen LogP contribution in [-0.4, -0.2) is 41.0 Å². The molecule has 1 aromatic heterocycles. The van der Waals surface area contributed by atoms with Gasteiger partial charge >= 0.3 is 0 Å². The standard InChI is InChI=1S/C22H28N6O3/c1-13(2)11-18(20(24)30)27-22-25-12-17(19(23)29)21(28-22)26-16-5-3-14(4-6-16)15-7-9-31-10-8-15/h3-7,12-13,18H,8-11H2,1-2H3,(H2,23,29)(H2,24,30)(H2,25,26,27,28). The van der Waals surface area contributed by atoms with Crippen LogP contribution in [0.15, 0.2) is 36.5 Å². The van der Waals surface area contributed by atoms with Crippen molar-refractivity contribution in [2.24, 2.45) is 17.4 Å². The molecule has 1 atom stereocenters. The number of nitrogens with one attached hydrogen (secondary N) is 2. The molecule has 1 aliphatic heterocycles. The lowest BCUT2D eigenvalue weighted by Gasteiger charge is -2.18. The van der Waals surface area contributed by atoms with Crippen molar-refractivity contribution in [3.05, 3.63) is 47.7 Å². The van der Waals surface area contributed by atoms with Crippen LogP contribution < -0.4 is 22.1 Å². The molecule has 0 radical (unpaired) electrons. The lowest BCUT2D eigenvalue weighted by Crippen LogP contribution is -2.37. The number of aromatic nitrogens is 2. The van der Waals surface area contributed by atoms with Gasteiger partial charge in [-0.15, -0.1) is 0 Å². The van der Waals surface area contributed by atoms with Crippen molar-refractivity contribution in [2.45, 2.75) is 32.7 Å². The van der Waals surface area contributed by atoms with E-state index < -0.39 is 17.9 Å². The highest BCUT2D eigenvalue weighted by atomic mass is 16.5. The third-order valence-electron chi connectivity index (χ3n) is 4.89. The van der Waals surface area contributed by atoms with Gasteiger partial charge in [-0.05, 0) is 42.0 Å². The van der Waals surface area contributed by atoms with E-state index in [1.807, 2.05) is 38.1 Å². The molecule has 164 valence electrons. The summed E-state index contributed by atoms with van der Waals surface area (Å²) < 4.78 is 5.35. The van der Waals surface area contributed by atoms with Crippen molar-refractivity contribution in [3.63, 3.8) is 0 Å². The number of carbonyl (C=O) groups is 2. The van der Waals surface area contributed by atoms with Crippen LogP contribution in [0.4, 0.5) is 17.5 Å². The van der Waals surface area contributed by atoms with Crippen LogP contribution in [-0.2, 0) is 9.53 Å². The molecule has 9 nitrogen and oxygen atoms in total. The molecule has 1 aromatic carbocycles. The van der Waals surface area contributed by atoms with Gasteiger partial charge in [0.15, 0.2) is 0 Å². The monoisotopic (exact) mass is 424 g/mol. The number of hydrogen-bond donors (Lipinski definition) is 4. The average Bonchev–Trinajstić information content (AvgIpc) is 2.74. The second-order valence-electron chi connectivity index (χ2n) is 7.81. The van der Waals surface area contributed by atoms with Crippen LogP contribution in [0.1, 0.15) is 42.6 Å². The minimum absolute atomic E-state index is 0.140. The van der Waals surface area contributed by atoms with Crippen molar-refractivity contribution in [3.8, 4) is 0 Å². The molecular weight excluding hydrogens is 396 g/mol. The number of amides is 2. The van der Waals surface area contributed by atoms with E-state index in [2.05, 4.69) is 26.7 Å². The van der Waals surface area contributed by atoms with Gasteiger partial charge < -0.3 is 26.8 Å². The fourth-order valence-electron chi connectivity index (χ4n) is 3.29. The fraction of sp³-hybridized carbons (Fsp3) is 0.364. The van der Waals surface area contributed by atoms with E-state index >= 15 is 0 Å². The Morgan fingerprint density at radius 2 is 1.94 bits per heavy atom. The molecule has 1 aliphatic rings. The minimum atomic E-state index is -0.660. The number of ether oxygens (including phenoxy) is 1. The maximum Gasteiger partial charge on any atom is 0.254 e. The lowest BCUT2D eigenvalue weighted by molar-refractivity contribution is -0.119. The van der Waals surface area contributed by atoms with Crippen molar-refractivity contribution in [1.82, 2.24) is 9.97 Å². The number of nitrogens with two attached hydrogens (primary N) is 2. The Kier molecular flexibility index (Phi) is 7.19. The first-order chi connectivity index (χ1) is 14.8. The molecule has 9 heteroatoms. The van der Waals surface area contributed by atoms with Gasteiger partial charge in [0.1, 0.15) is 17.4 Å². The first-order valence-electron chi connectivity index (χ1n) is 10.2. The maximum atomic E-state index is 11.8. The number of anilines is 3. The molecule has 0 bridgehead atoms. The van der Waals surface area contributed by atoms with Crippen molar-refractivity contribution >= 4 is 34.8 Å². The summed E-state index contributed by atoms with van der Waals surface area (Å²) in [7, 11) is 0. The largest absolute Gasteiger partial charge is 0.377 e. The van der Waals surface area contributed by atoms with Crippen LogP contribution in [0, 0.1) is 5.92 Å². The van der Waals surface area contributed by atoms with Gasteiger partial charge in [0.25, 0.3) is 5.91 Å². The van der Waals surface area contributed by atoms with Crippen molar-refractivity contribution in [2.75, 3.05) is 23.8 Å². The predicted molar refractivity (Wildman–Crippen MR) is 120 cm³/mol. The average molecular weight is 425 g/mol. The van der Waals surface area contributed by atoms with E-state index in [0.29, 0.717) is 19.6 Å². The molecule has 2 heterocycles. The summed E-state index contributed by atoms with van der Waals surface area (Å²) in [6.45, 7) is 5.31. The van der Waals surface area contributed by atoms with Gasteiger partial charge in [-0.3, -0.25) is 9.59 Å². The summed E-state index contributed by atoms with van der Waals surface area (Å²) in [5.74, 6) is -0.482. The van der Waals surface area contributed by atoms with Crippen LogP contribution in [0.2, 0.25) is 0 Å². The predicted octanol–water partition coefficient (Wildman–Crippen LogP) is 2.43. The van der Waals surface area contributed by atoms with E-state index in [1.54, 1.807) is 0 Å². The number of rotatable bonds is 9. The van der Waals surface area contributed by atoms with Crippen LogP contribution in [0.5, 0.6) is 0 Å².